The van der Waals surface area contributed by atoms with Gasteiger partial charge in [-0.2, -0.15) is 0 Å². The fourth-order valence-electron chi connectivity index (χ4n) is 1.52. The van der Waals surface area contributed by atoms with E-state index in [1.807, 2.05) is 32.9 Å². The van der Waals surface area contributed by atoms with Gasteiger partial charge in [0.25, 0.3) is 0 Å². The number of thioether (sulfide) groups is 1. The van der Waals surface area contributed by atoms with Crippen LogP contribution in [0.15, 0.2) is 23.1 Å². The summed E-state index contributed by atoms with van der Waals surface area (Å²) in [5.74, 6) is 0.502. The number of hydrogen-bond acceptors (Lipinski definition) is 3. The van der Waals surface area contributed by atoms with Crippen LogP contribution in [0.4, 0.5) is 0 Å². The summed E-state index contributed by atoms with van der Waals surface area (Å²) in [6.07, 6.45) is 0. The van der Waals surface area contributed by atoms with Crippen LogP contribution in [-0.2, 0) is 11.3 Å². The summed E-state index contributed by atoms with van der Waals surface area (Å²) in [5.41, 5.74) is 7.99. The monoisotopic (exact) mass is 252 g/mol. The molecule has 3 nitrogen and oxygen atoms in total. The Kier molecular flexibility index (Phi) is 5.51. The van der Waals surface area contributed by atoms with Crippen molar-refractivity contribution in [3.8, 4) is 0 Å². The number of rotatable bonds is 5. The van der Waals surface area contributed by atoms with Crippen molar-refractivity contribution in [2.75, 3.05) is 5.75 Å². The van der Waals surface area contributed by atoms with Gasteiger partial charge in [-0.05, 0) is 32.4 Å². The molecule has 17 heavy (non-hydrogen) atoms. The lowest BCUT2D eigenvalue weighted by molar-refractivity contribution is -0.119. The van der Waals surface area contributed by atoms with Gasteiger partial charge in [0.15, 0.2) is 0 Å². The van der Waals surface area contributed by atoms with Gasteiger partial charge in [-0.25, -0.2) is 0 Å². The van der Waals surface area contributed by atoms with Crippen molar-refractivity contribution in [3.63, 3.8) is 0 Å². The maximum absolute atomic E-state index is 11.5. The number of benzene rings is 1. The zero-order chi connectivity index (χ0) is 12.8. The van der Waals surface area contributed by atoms with Gasteiger partial charge in [0.2, 0.25) is 5.91 Å². The van der Waals surface area contributed by atoms with Gasteiger partial charge >= 0.3 is 0 Å². The second-order valence-corrected chi connectivity index (χ2v) is 5.34. The minimum atomic E-state index is 0.0635. The SMILES string of the molecule is Cc1ccc(SCC(=O)NC(C)C)c(CN)c1. The predicted molar refractivity (Wildman–Crippen MR) is 73.1 cm³/mol. The molecule has 0 aliphatic heterocycles. The smallest absolute Gasteiger partial charge is 0.230 e. The lowest BCUT2D eigenvalue weighted by atomic mass is 10.1. The maximum Gasteiger partial charge on any atom is 0.230 e. The topological polar surface area (TPSA) is 55.1 Å². The molecule has 1 amide bonds. The number of carbonyl (C=O) groups excluding carboxylic acids is 1. The molecule has 1 aromatic carbocycles. The molecule has 0 spiro atoms. The van der Waals surface area contributed by atoms with Gasteiger partial charge in [0.1, 0.15) is 0 Å². The summed E-state index contributed by atoms with van der Waals surface area (Å²) in [6, 6.07) is 6.34. The van der Waals surface area contributed by atoms with E-state index < -0.39 is 0 Å². The molecule has 0 aliphatic rings. The molecule has 0 saturated carbocycles. The highest BCUT2D eigenvalue weighted by molar-refractivity contribution is 8.00. The first kappa shape index (κ1) is 14.1. The Morgan fingerprint density at radius 3 is 2.76 bits per heavy atom. The van der Waals surface area contributed by atoms with Gasteiger partial charge in [0, 0.05) is 17.5 Å². The fraction of sp³-hybridized carbons (Fsp3) is 0.462. The van der Waals surface area contributed by atoms with Gasteiger partial charge in [-0.1, -0.05) is 17.7 Å². The largest absolute Gasteiger partial charge is 0.353 e. The first-order valence-electron chi connectivity index (χ1n) is 5.74. The Balaban J connectivity index is 2.60. The second kappa shape index (κ2) is 6.67. The van der Waals surface area contributed by atoms with Crippen LogP contribution >= 0.6 is 11.8 Å². The zero-order valence-electron chi connectivity index (χ0n) is 10.6. The zero-order valence-corrected chi connectivity index (χ0v) is 11.4. The molecule has 0 fully saturated rings. The third kappa shape index (κ3) is 4.79. The lowest BCUT2D eigenvalue weighted by Gasteiger charge is -2.10. The summed E-state index contributed by atoms with van der Waals surface area (Å²) in [7, 11) is 0. The fourth-order valence-corrected chi connectivity index (χ4v) is 2.38. The summed E-state index contributed by atoms with van der Waals surface area (Å²) in [6.45, 7) is 6.47. The van der Waals surface area contributed by atoms with Crippen LogP contribution in [0.5, 0.6) is 0 Å². The molecule has 4 heteroatoms. The van der Waals surface area contributed by atoms with Gasteiger partial charge in [0.05, 0.1) is 5.75 Å². The highest BCUT2D eigenvalue weighted by atomic mass is 32.2. The minimum absolute atomic E-state index is 0.0635. The molecule has 0 saturated heterocycles. The van der Waals surface area contributed by atoms with Crippen LogP contribution in [0.1, 0.15) is 25.0 Å². The molecule has 1 aromatic rings. The molecule has 0 aliphatic carbocycles. The van der Waals surface area contributed by atoms with E-state index in [2.05, 4.69) is 11.4 Å². The van der Waals surface area contributed by atoms with E-state index in [0.29, 0.717) is 12.3 Å². The third-order valence-electron chi connectivity index (χ3n) is 2.24. The first-order valence-corrected chi connectivity index (χ1v) is 6.73. The molecule has 0 unspecified atom stereocenters. The first-order chi connectivity index (χ1) is 8.02. The molecular weight excluding hydrogens is 232 g/mol. The molecule has 1 rings (SSSR count). The van der Waals surface area contributed by atoms with Crippen LogP contribution < -0.4 is 11.1 Å². The number of carbonyl (C=O) groups is 1. The quantitative estimate of drug-likeness (QED) is 0.789. The second-order valence-electron chi connectivity index (χ2n) is 4.33. The van der Waals surface area contributed by atoms with Crippen molar-refractivity contribution in [2.45, 2.75) is 38.3 Å². The molecule has 0 atom stereocenters. The number of amides is 1. The maximum atomic E-state index is 11.5. The van der Waals surface area contributed by atoms with Crippen LogP contribution in [0.3, 0.4) is 0 Å². The molecule has 0 bridgehead atoms. The number of aryl methyl sites for hydroxylation is 1. The number of nitrogens with one attached hydrogen (secondary N) is 1. The van der Waals surface area contributed by atoms with Crippen molar-refractivity contribution in [2.24, 2.45) is 5.73 Å². The van der Waals surface area contributed by atoms with E-state index in [4.69, 9.17) is 5.73 Å². The molecular formula is C13H20N2OS. The molecule has 0 aromatic heterocycles. The Morgan fingerprint density at radius 1 is 1.47 bits per heavy atom. The van der Waals surface area contributed by atoms with Crippen molar-refractivity contribution in [3.05, 3.63) is 29.3 Å². The highest BCUT2D eigenvalue weighted by Gasteiger charge is 2.07. The Hall–Kier alpha value is -1.00. The van der Waals surface area contributed by atoms with Crippen LogP contribution in [0, 0.1) is 6.92 Å². The summed E-state index contributed by atoms with van der Waals surface area (Å²) < 4.78 is 0. The Labute approximate surface area is 107 Å². The van der Waals surface area contributed by atoms with E-state index in [0.717, 1.165) is 10.5 Å². The van der Waals surface area contributed by atoms with Gasteiger partial charge < -0.3 is 11.1 Å². The van der Waals surface area contributed by atoms with E-state index in [1.165, 1.54) is 17.3 Å². The Bertz CT molecular complexity index is 391. The van der Waals surface area contributed by atoms with Crippen molar-refractivity contribution >= 4 is 17.7 Å². The van der Waals surface area contributed by atoms with E-state index >= 15 is 0 Å². The highest BCUT2D eigenvalue weighted by Crippen LogP contribution is 2.23. The summed E-state index contributed by atoms with van der Waals surface area (Å²) >= 11 is 1.54. The van der Waals surface area contributed by atoms with Gasteiger partial charge in [-0.3, -0.25) is 4.79 Å². The molecule has 0 heterocycles. The van der Waals surface area contributed by atoms with Crippen molar-refractivity contribution < 1.29 is 4.79 Å². The van der Waals surface area contributed by atoms with E-state index in [9.17, 15) is 4.79 Å². The molecule has 0 radical (unpaired) electrons. The van der Waals surface area contributed by atoms with Crippen LogP contribution in [0.2, 0.25) is 0 Å². The summed E-state index contributed by atoms with van der Waals surface area (Å²) in [4.78, 5) is 12.6. The van der Waals surface area contributed by atoms with E-state index in [-0.39, 0.29) is 11.9 Å². The minimum Gasteiger partial charge on any atom is -0.353 e. The Morgan fingerprint density at radius 2 is 2.18 bits per heavy atom. The lowest BCUT2D eigenvalue weighted by Crippen LogP contribution is -2.31. The van der Waals surface area contributed by atoms with Crippen molar-refractivity contribution in [1.29, 1.82) is 0 Å². The van der Waals surface area contributed by atoms with Crippen LogP contribution in [-0.4, -0.2) is 17.7 Å². The number of nitrogens with two attached hydrogens (primary N) is 1. The average molecular weight is 252 g/mol. The van der Waals surface area contributed by atoms with Gasteiger partial charge in [-0.15, -0.1) is 11.8 Å². The van der Waals surface area contributed by atoms with Crippen molar-refractivity contribution in [1.82, 2.24) is 5.32 Å². The third-order valence-corrected chi connectivity index (χ3v) is 3.36. The number of hydrogen-bond donors (Lipinski definition) is 2. The normalized spacial score (nSPS) is 10.6. The summed E-state index contributed by atoms with van der Waals surface area (Å²) in [5, 5.41) is 2.87. The molecule has 3 N–H and O–H groups in total. The molecule has 94 valence electrons. The average Bonchev–Trinajstić information content (AvgIpc) is 2.26. The predicted octanol–water partition coefficient (Wildman–Crippen LogP) is 2.07. The van der Waals surface area contributed by atoms with E-state index in [1.54, 1.807) is 0 Å². The standard InChI is InChI=1S/C13H20N2OS/c1-9(2)15-13(16)8-17-12-5-4-10(3)6-11(12)7-14/h4-6,9H,7-8,14H2,1-3H3,(H,15,16). The van der Waals surface area contributed by atoms with Crippen LogP contribution in [0.25, 0.3) is 0 Å².